The highest BCUT2D eigenvalue weighted by Gasteiger charge is 2.28. The van der Waals surface area contributed by atoms with Gasteiger partial charge < -0.3 is 15.2 Å². The zero-order chi connectivity index (χ0) is 23.8. The fourth-order valence-corrected chi connectivity index (χ4v) is 5.63. The Morgan fingerprint density at radius 1 is 1.03 bits per heavy atom. The normalized spacial score (nSPS) is 14.2. The third-order valence-corrected chi connectivity index (χ3v) is 7.77. The summed E-state index contributed by atoms with van der Waals surface area (Å²) in [7, 11) is -3.65. The molecule has 8 nitrogen and oxygen atoms in total. The molecule has 2 N–H and O–H groups in total. The minimum Gasteiger partial charge on any atom is -0.385 e. The van der Waals surface area contributed by atoms with Crippen molar-refractivity contribution < 1.29 is 13.2 Å². The van der Waals surface area contributed by atoms with Crippen molar-refractivity contribution >= 4 is 21.6 Å². The summed E-state index contributed by atoms with van der Waals surface area (Å²) in [6.07, 6.45) is 8.59. The van der Waals surface area contributed by atoms with Crippen LogP contribution in [0.25, 0.3) is 0 Å². The minimum atomic E-state index is -3.65. The number of carbonyl (C=O) groups is 1. The largest absolute Gasteiger partial charge is 0.385 e. The molecule has 1 saturated heterocycles. The molecule has 9 heteroatoms. The van der Waals surface area contributed by atoms with Crippen molar-refractivity contribution in [2.75, 3.05) is 31.5 Å². The van der Waals surface area contributed by atoms with E-state index < -0.39 is 10.0 Å². The number of nitrogens with one attached hydrogen (secondary N) is 2. The molecule has 1 fully saturated rings. The maximum absolute atomic E-state index is 13.2. The summed E-state index contributed by atoms with van der Waals surface area (Å²) in [6, 6.07) is 14.9. The Bertz CT molecular complexity index is 1170. The predicted molar refractivity (Wildman–Crippen MR) is 132 cm³/mol. The van der Waals surface area contributed by atoms with E-state index in [4.69, 9.17) is 0 Å². The lowest BCUT2D eigenvalue weighted by Crippen LogP contribution is -2.29. The number of carbonyl (C=O) groups excluding carboxylic acids is 1. The molecule has 34 heavy (non-hydrogen) atoms. The zero-order valence-electron chi connectivity index (χ0n) is 19.2. The molecule has 3 aromatic rings. The molecule has 4 rings (SSSR count). The van der Waals surface area contributed by atoms with Gasteiger partial charge in [-0.05, 0) is 49.4 Å². The first-order valence-corrected chi connectivity index (χ1v) is 13.1. The van der Waals surface area contributed by atoms with Crippen molar-refractivity contribution in [3.63, 3.8) is 0 Å². The predicted octanol–water partition coefficient (Wildman–Crippen LogP) is 3.14. The topological polar surface area (TPSA) is 96.3 Å². The first-order chi connectivity index (χ1) is 16.5. The van der Waals surface area contributed by atoms with Crippen LogP contribution in [0.15, 0.2) is 72.1 Å². The number of nitrogens with zero attached hydrogens (tertiary/aromatic N) is 3. The number of hydrogen-bond donors (Lipinski definition) is 2. The first kappa shape index (κ1) is 24.0. The van der Waals surface area contributed by atoms with Crippen molar-refractivity contribution in [1.29, 1.82) is 0 Å². The summed E-state index contributed by atoms with van der Waals surface area (Å²) < 4.78 is 29.9. The molecule has 0 saturated carbocycles. The molecule has 0 spiro atoms. The summed E-state index contributed by atoms with van der Waals surface area (Å²) in [5, 5.41) is 6.21. The Morgan fingerprint density at radius 2 is 1.82 bits per heavy atom. The van der Waals surface area contributed by atoms with Gasteiger partial charge in [-0.3, -0.25) is 4.79 Å². The van der Waals surface area contributed by atoms with Crippen LogP contribution in [0.3, 0.4) is 0 Å². The van der Waals surface area contributed by atoms with E-state index in [2.05, 4.69) is 27.8 Å². The van der Waals surface area contributed by atoms with Crippen LogP contribution in [0, 0.1) is 0 Å². The Labute approximate surface area is 201 Å². The van der Waals surface area contributed by atoms with Gasteiger partial charge in [0, 0.05) is 56.4 Å². The second-order valence-electron chi connectivity index (χ2n) is 8.43. The number of imidazole rings is 1. The van der Waals surface area contributed by atoms with Crippen LogP contribution in [0.2, 0.25) is 0 Å². The van der Waals surface area contributed by atoms with E-state index in [0.29, 0.717) is 37.4 Å². The molecule has 1 aliphatic rings. The number of anilines is 1. The number of amides is 1. The molecular formula is C25H31N5O3S. The van der Waals surface area contributed by atoms with Crippen LogP contribution in [0.1, 0.15) is 35.2 Å². The highest BCUT2D eigenvalue weighted by molar-refractivity contribution is 7.89. The minimum absolute atomic E-state index is 0.155. The third kappa shape index (κ3) is 6.24. The molecule has 0 radical (unpaired) electrons. The summed E-state index contributed by atoms with van der Waals surface area (Å²) in [5.74, 6) is -0.282. The number of benzene rings is 2. The Morgan fingerprint density at radius 3 is 2.56 bits per heavy atom. The van der Waals surface area contributed by atoms with Crippen molar-refractivity contribution in [3.8, 4) is 0 Å². The van der Waals surface area contributed by atoms with Gasteiger partial charge in [-0.1, -0.05) is 30.3 Å². The monoisotopic (exact) mass is 481 g/mol. The first-order valence-electron chi connectivity index (χ1n) is 11.7. The van der Waals surface area contributed by atoms with E-state index in [-0.39, 0.29) is 10.8 Å². The third-order valence-electron chi connectivity index (χ3n) is 5.89. The van der Waals surface area contributed by atoms with Crippen LogP contribution >= 0.6 is 0 Å². The van der Waals surface area contributed by atoms with Crippen LogP contribution in [0.4, 0.5) is 5.69 Å². The summed E-state index contributed by atoms with van der Waals surface area (Å²) in [4.78, 5) is 17.1. The number of aryl methyl sites for hydroxylation is 1. The lowest BCUT2D eigenvalue weighted by molar-refractivity contribution is 0.0952. The summed E-state index contributed by atoms with van der Waals surface area (Å²) >= 11 is 0. The standard InChI is InChI=1S/C25H31N5O3S/c31-25(28-10-6-13-29-16-12-26-20-29)22-17-23(27-11-9-21-7-2-1-3-8-21)19-24(18-22)34(32,33)30-14-4-5-15-30/h1-3,7-8,12,16-20,27H,4-6,9-11,13-15H2,(H,28,31). The molecule has 2 aromatic carbocycles. The zero-order valence-corrected chi connectivity index (χ0v) is 20.0. The van der Waals surface area contributed by atoms with Gasteiger partial charge in [0.25, 0.3) is 5.91 Å². The van der Waals surface area contributed by atoms with E-state index >= 15 is 0 Å². The van der Waals surface area contributed by atoms with Gasteiger partial charge in [0.05, 0.1) is 11.2 Å². The van der Waals surface area contributed by atoms with Crippen molar-refractivity contribution in [1.82, 2.24) is 19.2 Å². The van der Waals surface area contributed by atoms with Gasteiger partial charge in [0.15, 0.2) is 0 Å². The number of rotatable bonds is 11. The van der Waals surface area contributed by atoms with Gasteiger partial charge in [-0.25, -0.2) is 13.4 Å². The molecule has 1 aromatic heterocycles. The van der Waals surface area contributed by atoms with Crippen LogP contribution in [-0.2, 0) is 23.0 Å². The second-order valence-corrected chi connectivity index (χ2v) is 10.4. The van der Waals surface area contributed by atoms with E-state index in [9.17, 15) is 13.2 Å². The maximum atomic E-state index is 13.2. The highest BCUT2D eigenvalue weighted by atomic mass is 32.2. The van der Waals surface area contributed by atoms with Crippen LogP contribution in [0.5, 0.6) is 0 Å². The number of sulfonamides is 1. The fourth-order valence-electron chi connectivity index (χ4n) is 4.04. The lowest BCUT2D eigenvalue weighted by atomic mass is 10.1. The van der Waals surface area contributed by atoms with Crippen LogP contribution in [-0.4, -0.2) is 54.4 Å². The second kappa shape index (κ2) is 11.3. The molecular weight excluding hydrogens is 450 g/mol. The van der Waals surface area contributed by atoms with Crippen molar-refractivity contribution in [2.45, 2.75) is 37.1 Å². The lowest BCUT2D eigenvalue weighted by Gasteiger charge is -2.18. The quantitative estimate of drug-likeness (QED) is 0.410. The van der Waals surface area contributed by atoms with Gasteiger partial charge in [0.1, 0.15) is 0 Å². The molecule has 0 aliphatic carbocycles. The van der Waals surface area contributed by atoms with Gasteiger partial charge in [-0.2, -0.15) is 4.31 Å². The summed E-state index contributed by atoms with van der Waals surface area (Å²) in [6.45, 7) is 2.89. The van der Waals surface area contributed by atoms with Gasteiger partial charge >= 0.3 is 0 Å². The summed E-state index contributed by atoms with van der Waals surface area (Å²) in [5.41, 5.74) is 2.15. The Balaban J connectivity index is 1.46. The molecule has 1 amide bonds. The van der Waals surface area contributed by atoms with Crippen molar-refractivity contribution in [2.24, 2.45) is 0 Å². The van der Waals surface area contributed by atoms with E-state index in [1.165, 1.54) is 15.9 Å². The molecule has 0 unspecified atom stereocenters. The highest BCUT2D eigenvalue weighted by Crippen LogP contribution is 2.25. The molecule has 2 heterocycles. The SMILES string of the molecule is O=C(NCCCn1ccnc1)c1cc(NCCc2ccccc2)cc(S(=O)(=O)N2CCCC2)c1. The average molecular weight is 482 g/mol. The average Bonchev–Trinajstić information content (AvgIpc) is 3.57. The number of hydrogen-bond acceptors (Lipinski definition) is 5. The van der Waals surface area contributed by atoms with E-state index in [1.54, 1.807) is 24.7 Å². The Kier molecular flexibility index (Phi) is 7.97. The molecule has 180 valence electrons. The Hall–Kier alpha value is -3.17. The van der Waals surface area contributed by atoms with E-state index in [1.807, 2.05) is 29.0 Å². The van der Waals surface area contributed by atoms with Gasteiger partial charge in [0.2, 0.25) is 10.0 Å². The maximum Gasteiger partial charge on any atom is 0.251 e. The number of aromatic nitrogens is 2. The van der Waals surface area contributed by atoms with E-state index in [0.717, 1.165) is 32.2 Å². The molecule has 0 bridgehead atoms. The fraction of sp³-hybridized carbons (Fsp3) is 0.360. The van der Waals surface area contributed by atoms with Crippen molar-refractivity contribution in [3.05, 3.63) is 78.4 Å². The van der Waals surface area contributed by atoms with Gasteiger partial charge in [-0.15, -0.1) is 0 Å². The smallest absolute Gasteiger partial charge is 0.251 e. The molecule has 0 atom stereocenters. The molecule has 1 aliphatic heterocycles. The van der Waals surface area contributed by atoms with Crippen LogP contribution < -0.4 is 10.6 Å².